The standard InChI is InChI=1S/C14H22N2O3S/c1-11-2-5-13(10-11)16-20(17,18)9-8-19-14-6-3-12(15)4-7-14/h3-4,6-7,11,13,16H,2,5,8-10,15H2,1H3. The molecular formula is C14H22N2O3S. The van der Waals surface area contributed by atoms with Gasteiger partial charge >= 0.3 is 0 Å². The highest BCUT2D eigenvalue weighted by Gasteiger charge is 2.25. The number of hydrogen-bond acceptors (Lipinski definition) is 4. The summed E-state index contributed by atoms with van der Waals surface area (Å²) in [6.07, 6.45) is 2.95. The lowest BCUT2D eigenvalue weighted by atomic mass is 10.1. The minimum atomic E-state index is -3.27. The molecule has 112 valence electrons. The van der Waals surface area contributed by atoms with Crippen LogP contribution < -0.4 is 15.2 Å². The van der Waals surface area contributed by atoms with E-state index in [-0.39, 0.29) is 18.4 Å². The van der Waals surface area contributed by atoms with Gasteiger partial charge < -0.3 is 10.5 Å². The average molecular weight is 298 g/mol. The highest BCUT2D eigenvalue weighted by atomic mass is 32.2. The van der Waals surface area contributed by atoms with E-state index in [2.05, 4.69) is 11.6 Å². The summed E-state index contributed by atoms with van der Waals surface area (Å²) in [5.41, 5.74) is 6.22. The number of nitrogens with one attached hydrogen (secondary N) is 1. The van der Waals surface area contributed by atoms with Gasteiger partial charge in [-0.05, 0) is 49.4 Å². The van der Waals surface area contributed by atoms with Crippen molar-refractivity contribution < 1.29 is 13.2 Å². The third-order valence-electron chi connectivity index (χ3n) is 3.54. The molecule has 0 aromatic heterocycles. The molecule has 0 bridgehead atoms. The van der Waals surface area contributed by atoms with Crippen LogP contribution in [0.1, 0.15) is 26.2 Å². The Morgan fingerprint density at radius 1 is 1.30 bits per heavy atom. The van der Waals surface area contributed by atoms with Gasteiger partial charge in [0.05, 0.1) is 5.75 Å². The Bertz CT molecular complexity index is 528. The largest absolute Gasteiger partial charge is 0.492 e. The van der Waals surface area contributed by atoms with Crippen molar-refractivity contribution in [1.82, 2.24) is 4.72 Å². The predicted molar refractivity (Wildman–Crippen MR) is 80.1 cm³/mol. The molecule has 1 fully saturated rings. The van der Waals surface area contributed by atoms with E-state index in [1.807, 2.05) is 0 Å². The first-order valence-electron chi connectivity index (χ1n) is 6.93. The van der Waals surface area contributed by atoms with Gasteiger partial charge in [-0.1, -0.05) is 6.92 Å². The van der Waals surface area contributed by atoms with E-state index in [0.717, 1.165) is 19.3 Å². The lowest BCUT2D eigenvalue weighted by Crippen LogP contribution is -2.36. The van der Waals surface area contributed by atoms with Crippen LogP contribution in [0.5, 0.6) is 5.75 Å². The van der Waals surface area contributed by atoms with Crippen LogP contribution in [0.25, 0.3) is 0 Å². The van der Waals surface area contributed by atoms with E-state index < -0.39 is 10.0 Å². The van der Waals surface area contributed by atoms with Crippen LogP contribution in [0.3, 0.4) is 0 Å². The second kappa shape index (κ2) is 6.45. The Morgan fingerprint density at radius 3 is 2.60 bits per heavy atom. The van der Waals surface area contributed by atoms with E-state index in [9.17, 15) is 8.42 Å². The highest BCUT2D eigenvalue weighted by Crippen LogP contribution is 2.25. The van der Waals surface area contributed by atoms with Crippen LogP contribution in [-0.2, 0) is 10.0 Å². The van der Waals surface area contributed by atoms with Gasteiger partial charge in [0.1, 0.15) is 12.4 Å². The van der Waals surface area contributed by atoms with E-state index in [1.165, 1.54) is 0 Å². The van der Waals surface area contributed by atoms with Crippen molar-refractivity contribution in [2.45, 2.75) is 32.2 Å². The molecule has 0 radical (unpaired) electrons. The molecule has 20 heavy (non-hydrogen) atoms. The van der Waals surface area contributed by atoms with Gasteiger partial charge in [-0.25, -0.2) is 13.1 Å². The minimum absolute atomic E-state index is 0.0255. The van der Waals surface area contributed by atoms with E-state index >= 15 is 0 Å². The van der Waals surface area contributed by atoms with Crippen molar-refractivity contribution in [2.75, 3.05) is 18.1 Å². The molecule has 3 N–H and O–H groups in total. The molecule has 2 unspecified atom stereocenters. The third-order valence-corrected chi connectivity index (χ3v) is 4.94. The van der Waals surface area contributed by atoms with Gasteiger partial charge in [-0.15, -0.1) is 0 Å². The molecule has 2 rings (SSSR count). The Hall–Kier alpha value is -1.27. The summed E-state index contributed by atoms with van der Waals surface area (Å²) in [4.78, 5) is 0. The maximum Gasteiger partial charge on any atom is 0.215 e. The molecule has 6 heteroatoms. The number of hydrogen-bond donors (Lipinski definition) is 2. The van der Waals surface area contributed by atoms with Crippen molar-refractivity contribution in [2.24, 2.45) is 5.92 Å². The summed E-state index contributed by atoms with van der Waals surface area (Å²) in [6, 6.07) is 7.00. The molecule has 5 nitrogen and oxygen atoms in total. The molecule has 1 aliphatic carbocycles. The van der Waals surface area contributed by atoms with Gasteiger partial charge in [-0.3, -0.25) is 0 Å². The zero-order valence-electron chi connectivity index (χ0n) is 11.7. The fourth-order valence-corrected chi connectivity index (χ4v) is 3.60. The van der Waals surface area contributed by atoms with Gasteiger partial charge in [0, 0.05) is 11.7 Å². The maximum absolute atomic E-state index is 11.9. The van der Waals surface area contributed by atoms with Crippen molar-refractivity contribution in [3.05, 3.63) is 24.3 Å². The monoisotopic (exact) mass is 298 g/mol. The van der Waals surface area contributed by atoms with Crippen LogP contribution in [-0.4, -0.2) is 26.8 Å². The van der Waals surface area contributed by atoms with Crippen LogP contribution in [0, 0.1) is 5.92 Å². The van der Waals surface area contributed by atoms with E-state index in [1.54, 1.807) is 24.3 Å². The Morgan fingerprint density at radius 2 is 2.00 bits per heavy atom. The average Bonchev–Trinajstić information content (AvgIpc) is 2.76. The molecule has 0 heterocycles. The number of sulfonamides is 1. The lowest BCUT2D eigenvalue weighted by molar-refractivity contribution is 0.340. The maximum atomic E-state index is 11.9. The van der Waals surface area contributed by atoms with Crippen molar-refractivity contribution >= 4 is 15.7 Å². The number of anilines is 1. The summed E-state index contributed by atoms with van der Waals surface area (Å²) >= 11 is 0. The summed E-state index contributed by atoms with van der Waals surface area (Å²) in [5, 5.41) is 0. The van der Waals surface area contributed by atoms with Crippen molar-refractivity contribution in [3.63, 3.8) is 0 Å². The van der Waals surface area contributed by atoms with Crippen LogP contribution in [0.2, 0.25) is 0 Å². The molecule has 2 atom stereocenters. The van der Waals surface area contributed by atoms with E-state index in [0.29, 0.717) is 17.4 Å². The number of rotatable bonds is 6. The zero-order chi connectivity index (χ0) is 14.6. The van der Waals surface area contributed by atoms with Gasteiger partial charge in [0.15, 0.2) is 0 Å². The molecule has 0 amide bonds. The second-order valence-electron chi connectivity index (χ2n) is 5.47. The second-order valence-corrected chi connectivity index (χ2v) is 7.34. The van der Waals surface area contributed by atoms with Gasteiger partial charge in [-0.2, -0.15) is 0 Å². The molecule has 0 spiro atoms. The molecule has 1 saturated carbocycles. The number of ether oxygens (including phenoxy) is 1. The normalized spacial score (nSPS) is 22.9. The fourth-order valence-electron chi connectivity index (χ4n) is 2.46. The molecule has 1 aromatic rings. The lowest BCUT2D eigenvalue weighted by Gasteiger charge is -2.13. The van der Waals surface area contributed by atoms with Crippen molar-refractivity contribution in [1.29, 1.82) is 0 Å². The highest BCUT2D eigenvalue weighted by molar-refractivity contribution is 7.89. The topological polar surface area (TPSA) is 81.4 Å². The number of nitrogens with two attached hydrogens (primary N) is 1. The first kappa shape index (κ1) is 15.1. The minimum Gasteiger partial charge on any atom is -0.492 e. The summed E-state index contributed by atoms with van der Waals surface area (Å²) < 4.78 is 32.0. The molecular weight excluding hydrogens is 276 g/mol. The quantitative estimate of drug-likeness (QED) is 0.784. The SMILES string of the molecule is CC1CCC(NS(=O)(=O)CCOc2ccc(N)cc2)C1. The first-order valence-corrected chi connectivity index (χ1v) is 8.58. The van der Waals surface area contributed by atoms with Crippen LogP contribution in [0.15, 0.2) is 24.3 Å². The van der Waals surface area contributed by atoms with E-state index in [4.69, 9.17) is 10.5 Å². The smallest absolute Gasteiger partial charge is 0.215 e. The van der Waals surface area contributed by atoms with Crippen LogP contribution >= 0.6 is 0 Å². The van der Waals surface area contributed by atoms with Crippen LogP contribution in [0.4, 0.5) is 5.69 Å². The third kappa shape index (κ3) is 4.68. The number of benzene rings is 1. The summed E-state index contributed by atoms with van der Waals surface area (Å²) in [6.45, 7) is 2.29. The molecule has 1 aromatic carbocycles. The fraction of sp³-hybridized carbons (Fsp3) is 0.571. The summed E-state index contributed by atoms with van der Waals surface area (Å²) in [7, 11) is -3.27. The molecule has 0 aliphatic heterocycles. The zero-order valence-corrected chi connectivity index (χ0v) is 12.5. The Balaban J connectivity index is 1.76. The molecule has 1 aliphatic rings. The van der Waals surface area contributed by atoms with Crippen molar-refractivity contribution in [3.8, 4) is 5.75 Å². The Kier molecular flexibility index (Phi) is 4.88. The van der Waals surface area contributed by atoms with Gasteiger partial charge in [0.25, 0.3) is 0 Å². The Labute approximate surface area is 120 Å². The van der Waals surface area contributed by atoms with Gasteiger partial charge in [0.2, 0.25) is 10.0 Å². The number of nitrogen functional groups attached to an aromatic ring is 1. The predicted octanol–water partition coefficient (Wildman–Crippen LogP) is 1.76. The molecule has 0 saturated heterocycles. The summed E-state index contributed by atoms with van der Waals surface area (Å²) in [5.74, 6) is 1.21. The first-order chi connectivity index (χ1) is 9.44.